The fourth-order valence-electron chi connectivity index (χ4n) is 5.81. The van der Waals surface area contributed by atoms with Gasteiger partial charge in [0, 0.05) is 29.3 Å². The van der Waals surface area contributed by atoms with Gasteiger partial charge in [0.1, 0.15) is 11.9 Å². The summed E-state index contributed by atoms with van der Waals surface area (Å²) in [4.78, 5) is 19.7. The van der Waals surface area contributed by atoms with Crippen molar-refractivity contribution in [2.75, 3.05) is 0 Å². The number of amides is 1. The zero-order valence-electron chi connectivity index (χ0n) is 22.0. The molecule has 1 saturated heterocycles. The number of hydrogen-bond acceptors (Lipinski definition) is 6. The van der Waals surface area contributed by atoms with E-state index in [0.717, 1.165) is 29.7 Å². The maximum atomic E-state index is 13.3. The Bertz CT molecular complexity index is 1210. The topological polar surface area (TPSA) is 99.9 Å². The molecule has 2 aliphatic rings. The van der Waals surface area contributed by atoms with Crippen LogP contribution >= 0.6 is 11.3 Å². The minimum absolute atomic E-state index is 0.218. The average Bonchev–Trinajstić information content (AvgIpc) is 3.22. The van der Waals surface area contributed by atoms with Crippen LogP contribution in [-0.4, -0.2) is 50.2 Å². The van der Waals surface area contributed by atoms with E-state index in [1.807, 2.05) is 18.2 Å². The molecule has 4 unspecified atom stereocenters. The second-order valence-electron chi connectivity index (χ2n) is 11.3. The predicted octanol–water partition coefficient (Wildman–Crippen LogP) is 5.05. The Labute approximate surface area is 222 Å². The molecule has 1 saturated carbocycles. The van der Waals surface area contributed by atoms with Gasteiger partial charge in [-0.3, -0.25) is 4.79 Å². The van der Waals surface area contributed by atoms with Gasteiger partial charge in [0.2, 0.25) is 0 Å². The van der Waals surface area contributed by atoms with Gasteiger partial charge in [-0.1, -0.05) is 39.7 Å². The van der Waals surface area contributed by atoms with Crippen LogP contribution in [0.25, 0.3) is 11.0 Å². The van der Waals surface area contributed by atoms with Crippen molar-refractivity contribution in [3.05, 3.63) is 52.0 Å². The number of epoxide rings is 1. The highest BCUT2D eigenvalue weighted by Gasteiger charge is 2.40. The largest absolute Gasteiger partial charge is 0.391 e. The minimum atomic E-state index is -0.808. The molecule has 1 aromatic carbocycles. The Morgan fingerprint density at radius 2 is 2.05 bits per heavy atom. The van der Waals surface area contributed by atoms with Crippen molar-refractivity contribution in [3.63, 3.8) is 0 Å². The van der Waals surface area contributed by atoms with Crippen molar-refractivity contribution < 1.29 is 19.7 Å². The number of imidazole rings is 1. The molecule has 200 valence electrons. The lowest BCUT2D eigenvalue weighted by Crippen LogP contribution is -2.44. The molecule has 3 heterocycles. The van der Waals surface area contributed by atoms with Crippen LogP contribution in [0.5, 0.6) is 0 Å². The molecule has 3 aromatic rings. The standard InChI is InChI=1S/C29H39N3O4S/c1-17(2)13-22(25(33)16-26-29(35)36-26)31-28(34)19-10-11-24-21(14-19)30-27(15-20-8-6-12-37-20)32(24)23-9-5-4-7-18(23)3/h6,8,10-12,14,17-18,22-23,25-26,29,33,35H,4-5,7,9,13,15-16H2,1-3H3,(H,31,34)/t18-,22?,23?,25-,26?,29?/m1/s1. The number of ether oxygens (including phenoxy) is 1. The molecule has 3 N–H and O–H groups in total. The van der Waals surface area contributed by atoms with Gasteiger partial charge in [-0.05, 0) is 60.7 Å². The highest BCUT2D eigenvalue weighted by atomic mass is 32.1. The molecule has 1 aliphatic carbocycles. The Kier molecular flexibility index (Phi) is 8.00. The Hall–Kier alpha value is -2.26. The molecule has 7 nitrogen and oxygen atoms in total. The van der Waals surface area contributed by atoms with Crippen LogP contribution in [-0.2, 0) is 11.2 Å². The normalized spacial score (nSPS) is 25.4. The molecular formula is C29H39N3O4S. The molecule has 8 heteroatoms. The number of nitrogens with one attached hydrogen (secondary N) is 1. The summed E-state index contributed by atoms with van der Waals surface area (Å²) in [5, 5.41) is 25.4. The molecule has 0 spiro atoms. The average molecular weight is 526 g/mol. The fraction of sp³-hybridized carbons (Fsp3) is 0.586. The molecule has 0 radical (unpaired) electrons. The Morgan fingerprint density at radius 1 is 1.27 bits per heavy atom. The van der Waals surface area contributed by atoms with E-state index in [4.69, 9.17) is 9.72 Å². The van der Waals surface area contributed by atoms with E-state index in [9.17, 15) is 15.0 Å². The Balaban J connectivity index is 1.41. The molecule has 37 heavy (non-hydrogen) atoms. The summed E-state index contributed by atoms with van der Waals surface area (Å²) in [6, 6.07) is 10.0. The number of hydrogen-bond donors (Lipinski definition) is 3. The number of thiophene rings is 1. The highest BCUT2D eigenvalue weighted by molar-refractivity contribution is 7.09. The number of benzene rings is 1. The van der Waals surface area contributed by atoms with E-state index in [-0.39, 0.29) is 12.0 Å². The van der Waals surface area contributed by atoms with Gasteiger partial charge >= 0.3 is 0 Å². The van der Waals surface area contributed by atoms with Gasteiger partial charge in [0.05, 0.1) is 23.2 Å². The predicted molar refractivity (Wildman–Crippen MR) is 146 cm³/mol. The van der Waals surface area contributed by atoms with Crippen LogP contribution in [0.1, 0.15) is 86.4 Å². The van der Waals surface area contributed by atoms with Crippen molar-refractivity contribution >= 4 is 28.3 Å². The van der Waals surface area contributed by atoms with Crippen LogP contribution in [0.15, 0.2) is 35.7 Å². The van der Waals surface area contributed by atoms with Gasteiger partial charge in [-0.2, -0.15) is 0 Å². The van der Waals surface area contributed by atoms with E-state index < -0.39 is 18.4 Å². The second-order valence-corrected chi connectivity index (χ2v) is 12.3. The number of fused-ring (bicyclic) bond motifs is 1. The smallest absolute Gasteiger partial charge is 0.251 e. The maximum Gasteiger partial charge on any atom is 0.251 e. The third-order valence-electron chi connectivity index (χ3n) is 7.87. The maximum absolute atomic E-state index is 13.3. The molecule has 2 fully saturated rings. The first kappa shape index (κ1) is 26.4. The summed E-state index contributed by atoms with van der Waals surface area (Å²) in [7, 11) is 0. The van der Waals surface area contributed by atoms with Crippen molar-refractivity contribution in [2.45, 2.75) is 96.3 Å². The first-order valence-electron chi connectivity index (χ1n) is 13.7. The van der Waals surface area contributed by atoms with Crippen molar-refractivity contribution in [2.24, 2.45) is 11.8 Å². The molecule has 2 aromatic heterocycles. The van der Waals surface area contributed by atoms with Gasteiger partial charge in [0.15, 0.2) is 6.29 Å². The lowest BCUT2D eigenvalue weighted by molar-refractivity contribution is 0.0754. The number of rotatable bonds is 10. The molecule has 5 rings (SSSR count). The van der Waals surface area contributed by atoms with Gasteiger partial charge < -0.3 is 24.8 Å². The molecule has 1 amide bonds. The van der Waals surface area contributed by atoms with E-state index in [1.54, 1.807) is 11.3 Å². The number of carbonyl (C=O) groups excluding carboxylic acids is 1. The van der Waals surface area contributed by atoms with E-state index in [0.29, 0.717) is 36.3 Å². The highest BCUT2D eigenvalue weighted by Crippen LogP contribution is 2.37. The summed E-state index contributed by atoms with van der Waals surface area (Å²) in [5.74, 6) is 1.72. The minimum Gasteiger partial charge on any atom is -0.391 e. The first-order valence-corrected chi connectivity index (χ1v) is 14.5. The van der Waals surface area contributed by atoms with Crippen LogP contribution in [0.3, 0.4) is 0 Å². The SMILES string of the molecule is CC(C)CC(NC(=O)c1ccc2c(c1)nc(Cc1cccs1)n2C1CCCC[C@H]1C)[C@H](O)CC1OC1O. The number of aliphatic hydroxyl groups excluding tert-OH is 2. The van der Waals surface area contributed by atoms with Gasteiger partial charge in [-0.25, -0.2) is 4.98 Å². The van der Waals surface area contributed by atoms with E-state index >= 15 is 0 Å². The lowest BCUT2D eigenvalue weighted by Gasteiger charge is -2.31. The Morgan fingerprint density at radius 3 is 2.73 bits per heavy atom. The summed E-state index contributed by atoms with van der Waals surface area (Å²) < 4.78 is 7.50. The zero-order valence-corrected chi connectivity index (χ0v) is 22.8. The fourth-order valence-corrected chi connectivity index (χ4v) is 6.52. The lowest BCUT2D eigenvalue weighted by atomic mass is 9.85. The third-order valence-corrected chi connectivity index (χ3v) is 8.75. The number of aliphatic hydroxyl groups is 2. The van der Waals surface area contributed by atoms with Crippen LogP contribution < -0.4 is 5.32 Å². The monoisotopic (exact) mass is 525 g/mol. The van der Waals surface area contributed by atoms with E-state index in [1.165, 1.54) is 24.1 Å². The molecule has 1 aliphatic heterocycles. The van der Waals surface area contributed by atoms with Crippen LogP contribution in [0.2, 0.25) is 0 Å². The van der Waals surface area contributed by atoms with Crippen molar-refractivity contribution in [1.82, 2.24) is 14.9 Å². The number of nitrogens with zero attached hydrogens (tertiary/aromatic N) is 2. The summed E-state index contributed by atoms with van der Waals surface area (Å²) in [5.41, 5.74) is 2.47. The zero-order chi connectivity index (χ0) is 26.1. The third kappa shape index (κ3) is 6.08. The summed E-state index contributed by atoms with van der Waals surface area (Å²) in [6.45, 7) is 6.47. The quantitative estimate of drug-likeness (QED) is 0.322. The summed E-state index contributed by atoms with van der Waals surface area (Å²) >= 11 is 1.75. The van der Waals surface area contributed by atoms with Crippen molar-refractivity contribution in [1.29, 1.82) is 0 Å². The molecule has 0 bridgehead atoms. The van der Waals surface area contributed by atoms with Crippen molar-refractivity contribution in [3.8, 4) is 0 Å². The van der Waals surface area contributed by atoms with E-state index in [2.05, 4.69) is 48.2 Å². The first-order chi connectivity index (χ1) is 17.8. The van der Waals surface area contributed by atoms with Gasteiger partial charge in [-0.15, -0.1) is 11.3 Å². The number of aromatic nitrogens is 2. The van der Waals surface area contributed by atoms with Crippen LogP contribution in [0.4, 0.5) is 0 Å². The van der Waals surface area contributed by atoms with Crippen LogP contribution in [0, 0.1) is 11.8 Å². The molecular weight excluding hydrogens is 486 g/mol. The molecule has 6 atom stereocenters. The number of carbonyl (C=O) groups is 1. The summed E-state index contributed by atoms with van der Waals surface area (Å²) in [6.07, 6.45) is 4.66. The second kappa shape index (κ2) is 11.2. The van der Waals surface area contributed by atoms with Gasteiger partial charge in [0.25, 0.3) is 5.91 Å².